The van der Waals surface area contributed by atoms with Crippen LogP contribution in [0, 0.1) is 0 Å². The van der Waals surface area contributed by atoms with Crippen molar-refractivity contribution in [2.75, 3.05) is 19.4 Å². The van der Waals surface area contributed by atoms with E-state index in [1.165, 1.54) is 0 Å². The molecule has 0 atom stereocenters. The summed E-state index contributed by atoms with van der Waals surface area (Å²) in [6.45, 7) is 6.58. The first kappa shape index (κ1) is 13.4. The van der Waals surface area contributed by atoms with Gasteiger partial charge in [0.05, 0.1) is 12.7 Å². The van der Waals surface area contributed by atoms with Gasteiger partial charge in [-0.2, -0.15) is 0 Å². The van der Waals surface area contributed by atoms with Gasteiger partial charge in [0.15, 0.2) is 0 Å². The summed E-state index contributed by atoms with van der Waals surface area (Å²) < 4.78 is 5.11. The number of anilines is 1. The fourth-order valence-electron chi connectivity index (χ4n) is 1.75. The normalized spacial score (nSPS) is 10.4. The summed E-state index contributed by atoms with van der Waals surface area (Å²) in [7, 11) is 1.57. The van der Waals surface area contributed by atoms with Crippen LogP contribution in [-0.2, 0) is 0 Å². The Labute approximate surface area is 102 Å². The number of hydrogen-bond acceptors (Lipinski definition) is 3. The van der Waals surface area contributed by atoms with Gasteiger partial charge in [0, 0.05) is 18.3 Å². The molecule has 0 radical (unpaired) electrons. The molecule has 4 heteroatoms. The molecule has 1 amide bonds. The number of rotatable bonds is 4. The minimum Gasteiger partial charge on any atom is -0.497 e. The minimum atomic E-state index is -0.0566. The van der Waals surface area contributed by atoms with E-state index in [2.05, 4.69) is 0 Å². The Morgan fingerprint density at radius 1 is 1.47 bits per heavy atom. The molecule has 94 valence electrons. The van der Waals surface area contributed by atoms with Crippen LogP contribution in [0.25, 0.3) is 0 Å². The summed E-state index contributed by atoms with van der Waals surface area (Å²) in [5.74, 6) is 0.584. The molecule has 0 bridgehead atoms. The van der Waals surface area contributed by atoms with Crippen molar-refractivity contribution in [1.29, 1.82) is 0 Å². The van der Waals surface area contributed by atoms with E-state index >= 15 is 0 Å². The smallest absolute Gasteiger partial charge is 0.256 e. The number of amides is 1. The van der Waals surface area contributed by atoms with Crippen molar-refractivity contribution in [1.82, 2.24) is 4.90 Å². The van der Waals surface area contributed by atoms with Crippen LogP contribution in [0.15, 0.2) is 18.2 Å². The van der Waals surface area contributed by atoms with Crippen molar-refractivity contribution in [3.8, 4) is 5.75 Å². The van der Waals surface area contributed by atoms with Gasteiger partial charge in [0.2, 0.25) is 0 Å². The molecule has 4 nitrogen and oxygen atoms in total. The van der Waals surface area contributed by atoms with Gasteiger partial charge >= 0.3 is 0 Å². The number of nitrogens with zero attached hydrogens (tertiary/aromatic N) is 1. The lowest BCUT2D eigenvalue weighted by Gasteiger charge is -2.25. The van der Waals surface area contributed by atoms with Crippen molar-refractivity contribution in [2.24, 2.45) is 0 Å². The molecular formula is C13H20N2O2. The quantitative estimate of drug-likeness (QED) is 0.815. The van der Waals surface area contributed by atoms with Gasteiger partial charge in [-0.15, -0.1) is 0 Å². The predicted octanol–water partition coefficient (Wildman–Crippen LogP) is 2.15. The molecule has 0 fully saturated rings. The SMILES string of the molecule is CCN(C(=O)c1cc(OC)ccc1N)C(C)C. The van der Waals surface area contributed by atoms with Gasteiger partial charge in [0.25, 0.3) is 5.91 Å². The molecule has 0 aliphatic heterocycles. The highest BCUT2D eigenvalue weighted by Crippen LogP contribution is 2.21. The van der Waals surface area contributed by atoms with Crippen molar-refractivity contribution in [3.05, 3.63) is 23.8 Å². The van der Waals surface area contributed by atoms with Gasteiger partial charge in [-0.3, -0.25) is 4.79 Å². The highest BCUT2D eigenvalue weighted by atomic mass is 16.5. The van der Waals surface area contributed by atoms with Crippen LogP contribution >= 0.6 is 0 Å². The summed E-state index contributed by atoms with van der Waals surface area (Å²) in [4.78, 5) is 14.1. The monoisotopic (exact) mass is 236 g/mol. The summed E-state index contributed by atoms with van der Waals surface area (Å²) in [6.07, 6.45) is 0. The number of nitrogen functional groups attached to an aromatic ring is 1. The largest absolute Gasteiger partial charge is 0.497 e. The van der Waals surface area contributed by atoms with Crippen LogP contribution < -0.4 is 10.5 Å². The fraction of sp³-hybridized carbons (Fsp3) is 0.462. The molecule has 0 spiro atoms. The second-order valence-electron chi connectivity index (χ2n) is 4.14. The molecule has 1 aromatic carbocycles. The molecule has 17 heavy (non-hydrogen) atoms. The van der Waals surface area contributed by atoms with E-state index in [0.29, 0.717) is 23.5 Å². The molecule has 1 aromatic rings. The van der Waals surface area contributed by atoms with Crippen LogP contribution in [0.1, 0.15) is 31.1 Å². The third kappa shape index (κ3) is 2.90. The van der Waals surface area contributed by atoms with Crippen molar-refractivity contribution in [2.45, 2.75) is 26.8 Å². The molecule has 0 heterocycles. The third-order valence-corrected chi connectivity index (χ3v) is 2.72. The number of benzene rings is 1. The minimum absolute atomic E-state index is 0.0566. The highest BCUT2D eigenvalue weighted by Gasteiger charge is 2.19. The molecule has 0 aliphatic carbocycles. The summed E-state index contributed by atoms with van der Waals surface area (Å²) in [5, 5.41) is 0. The van der Waals surface area contributed by atoms with E-state index in [4.69, 9.17) is 10.5 Å². The Morgan fingerprint density at radius 3 is 2.59 bits per heavy atom. The zero-order valence-electron chi connectivity index (χ0n) is 10.9. The predicted molar refractivity (Wildman–Crippen MR) is 69.3 cm³/mol. The highest BCUT2D eigenvalue weighted by molar-refractivity contribution is 5.99. The maximum atomic E-state index is 12.3. The maximum Gasteiger partial charge on any atom is 0.256 e. The van der Waals surface area contributed by atoms with E-state index in [9.17, 15) is 4.79 Å². The molecule has 2 N–H and O–H groups in total. The molecule has 0 aliphatic rings. The van der Waals surface area contributed by atoms with Crippen LogP contribution in [0.3, 0.4) is 0 Å². The topological polar surface area (TPSA) is 55.6 Å². The van der Waals surface area contributed by atoms with Gasteiger partial charge in [-0.05, 0) is 39.0 Å². The average molecular weight is 236 g/mol. The Morgan fingerprint density at radius 2 is 2.12 bits per heavy atom. The first-order valence-electron chi connectivity index (χ1n) is 5.75. The molecule has 0 unspecified atom stereocenters. The number of hydrogen-bond donors (Lipinski definition) is 1. The van der Waals surface area contributed by atoms with Gasteiger partial charge in [-0.25, -0.2) is 0 Å². The summed E-state index contributed by atoms with van der Waals surface area (Å²) in [5.41, 5.74) is 6.82. The van der Waals surface area contributed by atoms with Crippen LogP contribution in [0.2, 0.25) is 0 Å². The number of ether oxygens (including phenoxy) is 1. The third-order valence-electron chi connectivity index (χ3n) is 2.72. The number of carbonyl (C=O) groups excluding carboxylic acids is 1. The molecule has 0 saturated carbocycles. The zero-order chi connectivity index (χ0) is 13.0. The van der Waals surface area contributed by atoms with Gasteiger partial charge < -0.3 is 15.4 Å². The second kappa shape index (κ2) is 5.57. The Balaban J connectivity index is 3.10. The van der Waals surface area contributed by atoms with E-state index < -0.39 is 0 Å². The first-order chi connectivity index (χ1) is 8.01. The van der Waals surface area contributed by atoms with Crippen molar-refractivity contribution >= 4 is 11.6 Å². The maximum absolute atomic E-state index is 12.3. The number of carbonyl (C=O) groups is 1. The van der Waals surface area contributed by atoms with E-state index in [-0.39, 0.29) is 11.9 Å². The zero-order valence-corrected chi connectivity index (χ0v) is 10.9. The van der Waals surface area contributed by atoms with Crippen LogP contribution in [0.4, 0.5) is 5.69 Å². The molecular weight excluding hydrogens is 216 g/mol. The standard InChI is InChI=1S/C13H20N2O2/c1-5-15(9(2)3)13(16)11-8-10(17-4)6-7-12(11)14/h6-9H,5,14H2,1-4H3. The lowest BCUT2D eigenvalue weighted by atomic mass is 10.1. The van der Waals surface area contributed by atoms with E-state index in [1.807, 2.05) is 20.8 Å². The second-order valence-corrected chi connectivity index (χ2v) is 4.14. The lowest BCUT2D eigenvalue weighted by Crippen LogP contribution is -2.37. The lowest BCUT2D eigenvalue weighted by molar-refractivity contribution is 0.0717. The van der Waals surface area contributed by atoms with Crippen LogP contribution in [-0.4, -0.2) is 30.5 Å². The van der Waals surface area contributed by atoms with Gasteiger partial charge in [-0.1, -0.05) is 0 Å². The molecule has 1 rings (SSSR count). The van der Waals surface area contributed by atoms with Crippen molar-refractivity contribution < 1.29 is 9.53 Å². The number of methoxy groups -OCH3 is 1. The van der Waals surface area contributed by atoms with E-state index in [0.717, 1.165) is 0 Å². The Kier molecular flexibility index (Phi) is 4.37. The number of nitrogens with two attached hydrogens (primary N) is 1. The Bertz CT molecular complexity index is 402. The summed E-state index contributed by atoms with van der Waals surface area (Å²) in [6, 6.07) is 5.28. The van der Waals surface area contributed by atoms with Gasteiger partial charge in [0.1, 0.15) is 5.75 Å². The first-order valence-corrected chi connectivity index (χ1v) is 5.75. The molecule has 0 aromatic heterocycles. The molecule has 0 saturated heterocycles. The van der Waals surface area contributed by atoms with Crippen molar-refractivity contribution in [3.63, 3.8) is 0 Å². The Hall–Kier alpha value is -1.71. The average Bonchev–Trinajstić information content (AvgIpc) is 2.30. The summed E-state index contributed by atoms with van der Waals surface area (Å²) >= 11 is 0. The van der Waals surface area contributed by atoms with Crippen LogP contribution in [0.5, 0.6) is 5.75 Å². The van der Waals surface area contributed by atoms with E-state index in [1.54, 1.807) is 30.2 Å². The fourth-order valence-corrected chi connectivity index (χ4v) is 1.75.